The molecule has 0 unspecified atom stereocenters. The molecule has 1 aromatic heterocycles. The molecule has 6 heteroatoms. The van der Waals surface area contributed by atoms with Crippen LogP contribution in [-0.2, 0) is 0 Å². The van der Waals surface area contributed by atoms with Crippen LogP contribution < -0.4 is 0 Å². The van der Waals surface area contributed by atoms with Gasteiger partial charge < -0.3 is 14.8 Å². The Balaban J connectivity index is 1.46. The summed E-state index contributed by atoms with van der Waals surface area (Å²) in [6, 6.07) is 14.8. The summed E-state index contributed by atoms with van der Waals surface area (Å²) in [6.07, 6.45) is 1.76. The molecule has 0 aliphatic carbocycles. The van der Waals surface area contributed by atoms with Crippen LogP contribution in [0.4, 0.5) is 0 Å². The first kappa shape index (κ1) is 16.7. The SMILES string of the molecule is O=C(c1ccccc1Cl)N1CCN(C(=O)c2c[nH]c3ccccc23)CC1. The molecule has 0 bridgehead atoms. The van der Waals surface area contributed by atoms with Crippen molar-refractivity contribution in [2.24, 2.45) is 0 Å². The van der Waals surface area contributed by atoms with E-state index < -0.39 is 0 Å². The smallest absolute Gasteiger partial charge is 0.256 e. The Hall–Kier alpha value is -2.79. The predicted molar refractivity (Wildman–Crippen MR) is 102 cm³/mol. The third-order valence-electron chi connectivity index (χ3n) is 4.78. The molecule has 1 N–H and O–H groups in total. The van der Waals surface area contributed by atoms with Gasteiger partial charge in [-0.15, -0.1) is 0 Å². The summed E-state index contributed by atoms with van der Waals surface area (Å²) in [6.45, 7) is 2.01. The molecular formula is C20H18ClN3O2. The van der Waals surface area contributed by atoms with E-state index in [4.69, 9.17) is 11.6 Å². The highest BCUT2D eigenvalue weighted by Crippen LogP contribution is 2.21. The van der Waals surface area contributed by atoms with Gasteiger partial charge in [0.25, 0.3) is 11.8 Å². The molecule has 4 rings (SSSR count). The average Bonchev–Trinajstić information content (AvgIpc) is 3.11. The second-order valence-corrected chi connectivity index (χ2v) is 6.72. The van der Waals surface area contributed by atoms with Gasteiger partial charge in [0, 0.05) is 43.3 Å². The summed E-state index contributed by atoms with van der Waals surface area (Å²) in [5.74, 6) is -0.0953. The first-order valence-corrected chi connectivity index (χ1v) is 8.92. The van der Waals surface area contributed by atoms with Gasteiger partial charge in [-0.25, -0.2) is 0 Å². The topological polar surface area (TPSA) is 56.4 Å². The molecule has 26 heavy (non-hydrogen) atoms. The third-order valence-corrected chi connectivity index (χ3v) is 5.11. The van der Waals surface area contributed by atoms with E-state index in [9.17, 15) is 9.59 Å². The molecule has 3 aromatic rings. The van der Waals surface area contributed by atoms with Crippen molar-refractivity contribution in [1.29, 1.82) is 0 Å². The maximum Gasteiger partial charge on any atom is 0.256 e. The van der Waals surface area contributed by atoms with Crippen molar-refractivity contribution in [3.8, 4) is 0 Å². The first-order valence-electron chi connectivity index (χ1n) is 8.54. The number of aromatic nitrogens is 1. The number of para-hydroxylation sites is 1. The fourth-order valence-corrected chi connectivity index (χ4v) is 3.55. The number of aromatic amines is 1. The number of amides is 2. The lowest BCUT2D eigenvalue weighted by Gasteiger charge is -2.34. The van der Waals surface area contributed by atoms with Crippen LogP contribution in [0.2, 0.25) is 5.02 Å². The Morgan fingerprint density at radius 3 is 2.08 bits per heavy atom. The Kier molecular flexibility index (Phi) is 4.39. The number of benzene rings is 2. The second-order valence-electron chi connectivity index (χ2n) is 6.31. The van der Waals surface area contributed by atoms with E-state index >= 15 is 0 Å². The largest absolute Gasteiger partial charge is 0.360 e. The lowest BCUT2D eigenvalue weighted by molar-refractivity contribution is 0.0536. The zero-order valence-corrected chi connectivity index (χ0v) is 14.9. The van der Waals surface area contributed by atoms with Gasteiger partial charge in [-0.05, 0) is 18.2 Å². The van der Waals surface area contributed by atoms with Crippen molar-refractivity contribution in [2.45, 2.75) is 0 Å². The van der Waals surface area contributed by atoms with Crippen molar-refractivity contribution in [3.63, 3.8) is 0 Å². The van der Waals surface area contributed by atoms with Crippen LogP contribution in [0.3, 0.4) is 0 Å². The first-order chi connectivity index (χ1) is 12.6. The van der Waals surface area contributed by atoms with Crippen molar-refractivity contribution in [2.75, 3.05) is 26.2 Å². The summed E-state index contributed by atoms with van der Waals surface area (Å²) < 4.78 is 0. The van der Waals surface area contributed by atoms with Crippen LogP contribution in [0.1, 0.15) is 20.7 Å². The molecule has 0 radical (unpaired) electrons. The molecule has 2 amide bonds. The lowest BCUT2D eigenvalue weighted by Crippen LogP contribution is -2.50. The van der Waals surface area contributed by atoms with E-state index in [2.05, 4.69) is 4.98 Å². The zero-order valence-electron chi connectivity index (χ0n) is 14.1. The molecule has 0 saturated carbocycles. The Labute approximate surface area is 156 Å². The number of H-pyrrole nitrogens is 1. The molecule has 1 saturated heterocycles. The van der Waals surface area contributed by atoms with Crippen molar-refractivity contribution >= 4 is 34.3 Å². The highest BCUT2D eigenvalue weighted by molar-refractivity contribution is 6.33. The van der Waals surface area contributed by atoms with Gasteiger partial charge in [0.1, 0.15) is 0 Å². The van der Waals surface area contributed by atoms with Crippen molar-refractivity contribution < 1.29 is 9.59 Å². The summed E-state index contributed by atoms with van der Waals surface area (Å²) >= 11 is 6.12. The van der Waals surface area contributed by atoms with E-state index in [-0.39, 0.29) is 11.8 Å². The van der Waals surface area contributed by atoms with Gasteiger partial charge in [-0.1, -0.05) is 41.9 Å². The van der Waals surface area contributed by atoms with Crippen LogP contribution in [0, 0.1) is 0 Å². The average molecular weight is 368 g/mol. The normalized spacial score (nSPS) is 14.7. The number of carbonyl (C=O) groups excluding carboxylic acids is 2. The summed E-state index contributed by atoms with van der Waals surface area (Å²) in [4.78, 5) is 32.2. The van der Waals surface area contributed by atoms with Gasteiger partial charge in [0.15, 0.2) is 0 Å². The standard InChI is InChI=1S/C20H18ClN3O2/c21-17-7-3-1-6-15(17)19(25)23-9-11-24(12-10-23)20(26)16-13-22-18-8-4-2-5-14(16)18/h1-8,13,22H,9-12H2. The minimum Gasteiger partial charge on any atom is -0.360 e. The fraction of sp³-hybridized carbons (Fsp3) is 0.200. The number of rotatable bonds is 2. The number of halogens is 1. The Morgan fingerprint density at radius 1 is 0.808 bits per heavy atom. The quantitative estimate of drug-likeness (QED) is 0.754. The van der Waals surface area contributed by atoms with Crippen LogP contribution in [0.5, 0.6) is 0 Å². The summed E-state index contributed by atoms with van der Waals surface area (Å²) in [5.41, 5.74) is 2.13. The molecular weight excluding hydrogens is 350 g/mol. The zero-order chi connectivity index (χ0) is 18.1. The van der Waals surface area contributed by atoms with Gasteiger partial charge in [-0.3, -0.25) is 9.59 Å². The molecule has 1 aliphatic rings. The number of hydrogen-bond donors (Lipinski definition) is 1. The van der Waals surface area contributed by atoms with Gasteiger partial charge in [0.2, 0.25) is 0 Å². The summed E-state index contributed by atoms with van der Waals surface area (Å²) in [5, 5.41) is 1.38. The molecule has 5 nitrogen and oxygen atoms in total. The number of carbonyl (C=O) groups is 2. The number of hydrogen-bond acceptors (Lipinski definition) is 2. The van der Waals surface area contributed by atoms with E-state index in [0.717, 1.165) is 10.9 Å². The number of nitrogens with zero attached hydrogens (tertiary/aromatic N) is 2. The summed E-state index contributed by atoms with van der Waals surface area (Å²) in [7, 11) is 0. The van der Waals surface area contributed by atoms with E-state index in [1.807, 2.05) is 24.3 Å². The van der Waals surface area contributed by atoms with Gasteiger partial charge >= 0.3 is 0 Å². The molecule has 132 valence electrons. The van der Waals surface area contributed by atoms with E-state index in [0.29, 0.717) is 42.3 Å². The molecule has 2 heterocycles. The Bertz CT molecular complexity index is 974. The highest BCUT2D eigenvalue weighted by atomic mass is 35.5. The number of fused-ring (bicyclic) bond motifs is 1. The van der Waals surface area contributed by atoms with Gasteiger partial charge in [0.05, 0.1) is 16.1 Å². The predicted octanol–water partition coefficient (Wildman–Crippen LogP) is 3.42. The fourth-order valence-electron chi connectivity index (χ4n) is 3.34. The van der Waals surface area contributed by atoms with Crippen molar-refractivity contribution in [1.82, 2.24) is 14.8 Å². The lowest BCUT2D eigenvalue weighted by atomic mass is 10.1. The van der Waals surface area contributed by atoms with E-state index in [1.54, 1.807) is 40.3 Å². The minimum absolute atomic E-state index is 0.00714. The van der Waals surface area contributed by atoms with Crippen LogP contribution in [-0.4, -0.2) is 52.8 Å². The molecule has 1 aliphatic heterocycles. The second kappa shape index (κ2) is 6.84. The molecule has 1 fully saturated rings. The molecule has 0 atom stereocenters. The van der Waals surface area contributed by atoms with Crippen LogP contribution >= 0.6 is 11.6 Å². The third kappa shape index (κ3) is 2.95. The molecule has 2 aromatic carbocycles. The van der Waals surface area contributed by atoms with Crippen LogP contribution in [0.25, 0.3) is 10.9 Å². The maximum absolute atomic E-state index is 12.9. The van der Waals surface area contributed by atoms with Gasteiger partial charge in [-0.2, -0.15) is 0 Å². The number of piperazine rings is 1. The van der Waals surface area contributed by atoms with Crippen LogP contribution in [0.15, 0.2) is 54.7 Å². The highest BCUT2D eigenvalue weighted by Gasteiger charge is 2.27. The maximum atomic E-state index is 12.9. The minimum atomic E-state index is -0.0882. The molecule has 0 spiro atoms. The van der Waals surface area contributed by atoms with E-state index in [1.165, 1.54) is 0 Å². The number of nitrogens with one attached hydrogen (secondary N) is 1. The monoisotopic (exact) mass is 367 g/mol. The van der Waals surface area contributed by atoms with Crippen molar-refractivity contribution in [3.05, 3.63) is 70.9 Å². The Morgan fingerprint density at radius 2 is 1.38 bits per heavy atom.